The van der Waals surface area contributed by atoms with Crippen LogP contribution in [0.1, 0.15) is 419 Å². The zero-order valence-electron chi connectivity index (χ0n) is 64.4. The normalized spacial score (nSPS) is 13.1. The Morgan fingerprint density at radius 3 is 0.468 bits per heavy atom. The lowest BCUT2D eigenvalue weighted by atomic mass is 9.84. The second kappa shape index (κ2) is 66.8. The Labute approximate surface area is 503 Å². The number of rotatable bonds is 21. The molecule has 4 unspecified atom stereocenters. The van der Waals surface area contributed by atoms with Gasteiger partial charge in [0.25, 0.3) is 0 Å². The van der Waals surface area contributed by atoms with Gasteiger partial charge in [0.1, 0.15) is 0 Å². The van der Waals surface area contributed by atoms with Crippen molar-refractivity contribution >= 4 is 0 Å². The predicted octanol–water partition coefficient (Wildman–Crippen LogP) is 30.6. The zero-order valence-corrected chi connectivity index (χ0v) is 64.4. The minimum absolute atomic E-state index is 0.500. The van der Waals surface area contributed by atoms with E-state index in [1.54, 1.807) is 0 Å². The van der Waals surface area contributed by atoms with Crippen LogP contribution in [0.25, 0.3) is 0 Å². The van der Waals surface area contributed by atoms with Gasteiger partial charge in [0.05, 0.1) is 0 Å². The molecule has 0 amide bonds. The Bertz CT molecular complexity index is 857. The summed E-state index contributed by atoms with van der Waals surface area (Å²) in [6.07, 6.45) is 26.7. The van der Waals surface area contributed by atoms with Gasteiger partial charge >= 0.3 is 0 Å². The molecule has 0 saturated carbocycles. The lowest BCUT2D eigenvalue weighted by Crippen LogP contribution is -2.12. The second-order valence-corrected chi connectivity index (χ2v) is 30.5. The monoisotopic (exact) mass is 1100 g/mol. The molecule has 0 aromatic rings. The highest BCUT2D eigenvalue weighted by molar-refractivity contribution is 4.65. The lowest BCUT2D eigenvalue weighted by molar-refractivity contribution is 0.283. The summed E-state index contributed by atoms with van der Waals surface area (Å²) >= 11 is 0. The van der Waals surface area contributed by atoms with E-state index in [0.29, 0.717) is 27.1 Å². The lowest BCUT2D eigenvalue weighted by Gasteiger charge is -2.22. The summed E-state index contributed by atoms with van der Waals surface area (Å²) in [6.45, 7) is 95.2. The van der Waals surface area contributed by atoms with Crippen LogP contribution in [0.4, 0.5) is 0 Å². The summed E-state index contributed by atoms with van der Waals surface area (Å²) in [5, 5.41) is 0. The van der Waals surface area contributed by atoms with Crippen molar-refractivity contribution in [1.82, 2.24) is 0 Å². The average Bonchev–Trinajstić information content (AvgIpc) is 3.34. The van der Waals surface area contributed by atoms with Crippen molar-refractivity contribution in [2.24, 2.45) is 86.3 Å². The van der Waals surface area contributed by atoms with E-state index in [-0.39, 0.29) is 0 Å². The van der Waals surface area contributed by atoms with E-state index < -0.39 is 0 Å². The Balaban J connectivity index is -0.0000000691. The molecule has 0 aliphatic rings. The maximum atomic E-state index is 2.31. The van der Waals surface area contributed by atoms with Crippen LogP contribution >= 0.6 is 0 Å². The first-order valence-electron chi connectivity index (χ1n) is 34.8. The van der Waals surface area contributed by atoms with E-state index in [0.717, 1.165) is 59.2 Å². The van der Waals surface area contributed by atoms with Crippen LogP contribution < -0.4 is 0 Å². The van der Waals surface area contributed by atoms with Crippen LogP contribution in [-0.4, -0.2) is 0 Å². The first-order valence-corrected chi connectivity index (χ1v) is 34.8. The van der Waals surface area contributed by atoms with Gasteiger partial charge in [0.15, 0.2) is 0 Å². The van der Waals surface area contributed by atoms with Crippen LogP contribution in [0.3, 0.4) is 0 Å². The molecule has 0 bridgehead atoms. The largest absolute Gasteiger partial charge is 0.0654 e. The topological polar surface area (TPSA) is 0 Å². The first-order chi connectivity index (χ1) is 34.8. The highest BCUT2D eigenvalue weighted by Crippen LogP contribution is 2.25. The van der Waals surface area contributed by atoms with Crippen molar-refractivity contribution in [2.75, 3.05) is 0 Å². The van der Waals surface area contributed by atoms with E-state index in [9.17, 15) is 0 Å². The molecule has 0 spiro atoms. The van der Waals surface area contributed by atoms with Gasteiger partial charge in [0.2, 0.25) is 0 Å². The van der Waals surface area contributed by atoms with Crippen LogP contribution in [0.5, 0.6) is 0 Å². The van der Waals surface area contributed by atoms with E-state index in [1.807, 2.05) is 0 Å². The van der Waals surface area contributed by atoms with Gasteiger partial charge in [-0.2, -0.15) is 0 Å². The van der Waals surface area contributed by atoms with Gasteiger partial charge in [-0.25, -0.2) is 0 Å². The van der Waals surface area contributed by atoms with Gasteiger partial charge in [0, 0.05) is 0 Å². The predicted molar refractivity (Wildman–Crippen MR) is 378 cm³/mol. The fraction of sp³-hybridized carbons (Fsp3) is 1.00. The SMILES string of the molecule is CC(C)C(C)(C)C.CCC(C)(C)CC.CCC(C)(C)CC.CCC(C)C(C)C.CCC(C)C(C)C.CCC(CC)CC.CCCC(C)(C)C.CCCC(C)(C)C.CCCC(C)CC.CCCC(C)CC.CC[C@H](C)C(C)C. The molecule has 0 radical (unpaired) electrons. The van der Waals surface area contributed by atoms with Gasteiger partial charge in [-0.15, -0.1) is 0 Å². The standard InChI is InChI=1S/11C7H16/c1-6(2)7(3,4)5;2*1-5-6-7(2,3)4;2*1-5-7(3,4)6-2;3*1-5-7(4)6(2)3;2*1-4-6-7(3)5-2;1-4-7(5-2)6-3/h6H,1-5H3;4*5-6H2,1-4H3;3*6-7H,5H2,1-4H3;3*7H,4-6H2,1-3H3/t;;;;;7-;;;;;/m.....0...../s1. The number of hydrogen-bond acceptors (Lipinski definition) is 0. The van der Waals surface area contributed by atoms with Gasteiger partial charge in [-0.1, -0.05) is 406 Å². The zero-order chi connectivity index (χ0) is 64.4. The summed E-state index contributed by atoms with van der Waals surface area (Å²) in [7, 11) is 0. The molecule has 77 heavy (non-hydrogen) atoms. The second-order valence-electron chi connectivity index (χ2n) is 30.5. The van der Waals surface area contributed by atoms with Crippen molar-refractivity contribution in [3.05, 3.63) is 0 Å². The average molecular weight is 1100 g/mol. The third-order valence-electron chi connectivity index (χ3n) is 17.6. The summed E-state index contributed by atoms with van der Waals surface area (Å²) < 4.78 is 0. The maximum absolute atomic E-state index is 2.31. The molecular formula is C77H176. The van der Waals surface area contributed by atoms with E-state index in [1.165, 1.54) is 128 Å². The summed E-state index contributed by atoms with van der Waals surface area (Å²) in [4.78, 5) is 0. The fourth-order valence-corrected chi connectivity index (χ4v) is 5.67. The highest BCUT2D eigenvalue weighted by Gasteiger charge is 2.14. The fourth-order valence-electron chi connectivity index (χ4n) is 5.67. The van der Waals surface area contributed by atoms with Crippen molar-refractivity contribution in [2.45, 2.75) is 419 Å². The van der Waals surface area contributed by atoms with Gasteiger partial charge in [-0.05, 0) is 99.1 Å². The molecule has 0 aromatic carbocycles. The van der Waals surface area contributed by atoms with Crippen molar-refractivity contribution < 1.29 is 0 Å². The van der Waals surface area contributed by atoms with Crippen molar-refractivity contribution in [3.63, 3.8) is 0 Å². The van der Waals surface area contributed by atoms with Gasteiger partial charge < -0.3 is 0 Å². The molecule has 5 atom stereocenters. The molecule has 0 aliphatic carbocycles. The molecule has 484 valence electrons. The summed E-state index contributed by atoms with van der Waals surface area (Å²) in [5.74, 6) is 8.99. The van der Waals surface area contributed by atoms with E-state index in [4.69, 9.17) is 0 Å². The minimum Gasteiger partial charge on any atom is -0.0654 e. The molecule has 0 fully saturated rings. The van der Waals surface area contributed by atoms with Crippen LogP contribution in [0.2, 0.25) is 0 Å². The smallest absolute Gasteiger partial charge is 0.0359 e. The Kier molecular flexibility index (Phi) is 88.6. The maximum Gasteiger partial charge on any atom is -0.0359 e. The van der Waals surface area contributed by atoms with Gasteiger partial charge in [-0.3, -0.25) is 0 Å². The molecular weight excluding hydrogens is 925 g/mol. The first kappa shape index (κ1) is 102. The quantitative estimate of drug-likeness (QED) is 0.107. The van der Waals surface area contributed by atoms with Crippen LogP contribution in [0, 0.1) is 86.3 Å². The molecule has 0 N–H and O–H groups in total. The van der Waals surface area contributed by atoms with Crippen LogP contribution in [0.15, 0.2) is 0 Å². The van der Waals surface area contributed by atoms with Crippen molar-refractivity contribution in [3.8, 4) is 0 Å². The minimum atomic E-state index is 0.500. The Morgan fingerprint density at radius 1 is 0.260 bits per heavy atom. The van der Waals surface area contributed by atoms with Crippen molar-refractivity contribution in [1.29, 1.82) is 0 Å². The van der Waals surface area contributed by atoms with E-state index >= 15 is 0 Å². The summed E-state index contributed by atoms with van der Waals surface area (Å²) in [5.41, 5.74) is 2.77. The Hall–Kier alpha value is 0. The third-order valence-corrected chi connectivity index (χ3v) is 17.6. The number of hydrogen-bond donors (Lipinski definition) is 0. The highest BCUT2D eigenvalue weighted by atomic mass is 14.2. The molecule has 0 heterocycles. The Morgan fingerprint density at radius 2 is 0.455 bits per heavy atom. The molecule has 0 nitrogen and oxygen atoms in total. The van der Waals surface area contributed by atoms with E-state index in [2.05, 4.69) is 291 Å². The van der Waals surface area contributed by atoms with Crippen LogP contribution in [-0.2, 0) is 0 Å². The molecule has 0 saturated heterocycles. The summed E-state index contributed by atoms with van der Waals surface area (Å²) in [6, 6.07) is 0. The molecule has 0 aromatic heterocycles. The third kappa shape index (κ3) is 116. The molecule has 0 aliphatic heterocycles. The molecule has 0 rings (SSSR count). The molecule has 0 heteroatoms.